The summed E-state index contributed by atoms with van der Waals surface area (Å²) in [7, 11) is 0. The summed E-state index contributed by atoms with van der Waals surface area (Å²) >= 11 is -2.21. The molecule has 0 amide bonds. The fourth-order valence-electron chi connectivity index (χ4n) is 1.15. The largest absolute Gasteiger partial charge is 0.302 e. The molecule has 0 aromatic heterocycles. The highest BCUT2D eigenvalue weighted by Crippen LogP contribution is 2.27. The van der Waals surface area contributed by atoms with Crippen molar-refractivity contribution in [1.29, 1.82) is 0 Å². The Balaban J connectivity index is 3.13. The Morgan fingerprint density at radius 1 is 1.36 bits per heavy atom. The Morgan fingerprint density at radius 2 is 1.93 bits per heavy atom. The van der Waals surface area contributed by atoms with Crippen LogP contribution < -0.4 is 0 Å². The van der Waals surface area contributed by atoms with Crippen LogP contribution in [-0.4, -0.2) is 15.2 Å². The van der Waals surface area contributed by atoms with Crippen LogP contribution in [0.1, 0.15) is 18.4 Å². The minimum absolute atomic E-state index is 0.0558. The molecule has 2 unspecified atom stereocenters. The van der Waals surface area contributed by atoms with Crippen LogP contribution in [0, 0.1) is 0 Å². The molecule has 1 rings (SSSR count). The van der Waals surface area contributed by atoms with Crippen molar-refractivity contribution >= 4 is 11.1 Å². The van der Waals surface area contributed by atoms with E-state index >= 15 is 0 Å². The van der Waals surface area contributed by atoms with Gasteiger partial charge in [-0.25, -0.2) is 13.0 Å². The zero-order valence-electron chi connectivity index (χ0n) is 7.48. The summed E-state index contributed by atoms with van der Waals surface area (Å²) in [5.74, 6) is -1.03. The van der Waals surface area contributed by atoms with Crippen LogP contribution in [0.25, 0.3) is 0 Å². The molecular weight excluding hydrogens is 210 g/mol. The molecule has 1 aromatic rings. The van der Waals surface area contributed by atoms with Crippen molar-refractivity contribution in [2.24, 2.45) is 0 Å². The Bertz CT molecular complexity index is 341. The first-order valence-electron chi connectivity index (χ1n) is 4.02. The van der Waals surface area contributed by atoms with Gasteiger partial charge in [-0.3, -0.25) is 0 Å². The van der Waals surface area contributed by atoms with Crippen LogP contribution in [0.3, 0.4) is 0 Å². The van der Waals surface area contributed by atoms with E-state index in [9.17, 15) is 13.0 Å². The Labute approximate surface area is 83.2 Å². The van der Waals surface area contributed by atoms with Gasteiger partial charge in [0.25, 0.3) is 0 Å². The molecular formula is C9H10F2O2S. The lowest BCUT2D eigenvalue weighted by atomic mass is 10.0. The minimum atomic E-state index is -2.53. The molecule has 0 aliphatic carbocycles. The van der Waals surface area contributed by atoms with Gasteiger partial charge in [0.2, 0.25) is 6.43 Å². The fraction of sp³-hybridized carbons (Fsp3) is 0.333. The summed E-state index contributed by atoms with van der Waals surface area (Å²) in [4.78, 5) is 0.0558. The van der Waals surface area contributed by atoms with Crippen molar-refractivity contribution in [2.75, 3.05) is 0 Å². The average Bonchev–Trinajstić information content (AvgIpc) is 2.16. The molecule has 2 atom stereocenters. The summed E-state index contributed by atoms with van der Waals surface area (Å²) in [6, 6.07) is 5.94. The van der Waals surface area contributed by atoms with E-state index in [1.165, 1.54) is 19.1 Å². The SMILES string of the molecule is CC(c1ccccc1S(=O)O)C(F)F. The maximum atomic E-state index is 12.4. The number of hydrogen-bond donors (Lipinski definition) is 1. The predicted octanol–water partition coefficient (Wildman–Crippen LogP) is 2.64. The Kier molecular flexibility index (Phi) is 3.71. The van der Waals surface area contributed by atoms with E-state index in [1.54, 1.807) is 12.1 Å². The van der Waals surface area contributed by atoms with Crippen LogP contribution >= 0.6 is 0 Å². The van der Waals surface area contributed by atoms with Gasteiger partial charge < -0.3 is 4.55 Å². The molecule has 1 N–H and O–H groups in total. The summed E-state index contributed by atoms with van der Waals surface area (Å²) in [5.41, 5.74) is 0.225. The van der Waals surface area contributed by atoms with Crippen LogP contribution in [0.4, 0.5) is 8.78 Å². The van der Waals surface area contributed by atoms with E-state index in [1.807, 2.05) is 0 Å². The Hall–Kier alpha value is -0.810. The molecule has 0 fully saturated rings. The zero-order chi connectivity index (χ0) is 10.7. The van der Waals surface area contributed by atoms with Gasteiger partial charge in [0.05, 0.1) is 4.90 Å². The van der Waals surface area contributed by atoms with Crippen molar-refractivity contribution in [3.05, 3.63) is 29.8 Å². The van der Waals surface area contributed by atoms with E-state index in [0.717, 1.165) is 0 Å². The molecule has 5 heteroatoms. The van der Waals surface area contributed by atoms with Crippen molar-refractivity contribution in [1.82, 2.24) is 0 Å². The van der Waals surface area contributed by atoms with Crippen LogP contribution in [0.15, 0.2) is 29.2 Å². The van der Waals surface area contributed by atoms with Gasteiger partial charge in [-0.05, 0) is 11.6 Å². The summed E-state index contributed by atoms with van der Waals surface area (Å²) in [5, 5.41) is 0. The summed E-state index contributed by atoms with van der Waals surface area (Å²) in [6.07, 6.45) is -2.53. The quantitative estimate of drug-likeness (QED) is 0.795. The maximum absolute atomic E-state index is 12.4. The van der Waals surface area contributed by atoms with Gasteiger partial charge in [0, 0.05) is 5.92 Å². The highest BCUT2D eigenvalue weighted by atomic mass is 32.2. The van der Waals surface area contributed by atoms with Crippen LogP contribution in [0.2, 0.25) is 0 Å². The zero-order valence-corrected chi connectivity index (χ0v) is 8.30. The van der Waals surface area contributed by atoms with Gasteiger partial charge in [-0.2, -0.15) is 0 Å². The molecule has 0 aliphatic rings. The summed E-state index contributed by atoms with van der Waals surface area (Å²) < 4.78 is 44.4. The first kappa shape index (κ1) is 11.3. The molecule has 0 saturated carbocycles. The van der Waals surface area contributed by atoms with E-state index < -0.39 is 23.4 Å². The molecule has 0 spiro atoms. The topological polar surface area (TPSA) is 37.3 Å². The molecule has 0 radical (unpaired) electrons. The van der Waals surface area contributed by atoms with E-state index in [4.69, 9.17) is 4.55 Å². The van der Waals surface area contributed by atoms with Crippen molar-refractivity contribution in [3.8, 4) is 0 Å². The lowest BCUT2D eigenvalue weighted by molar-refractivity contribution is 0.120. The number of benzene rings is 1. The van der Waals surface area contributed by atoms with Crippen LogP contribution in [0.5, 0.6) is 0 Å². The standard InChI is InChI=1S/C9H10F2O2S/c1-6(9(10)11)7-4-2-3-5-8(7)14(12)13/h2-6,9H,1H3,(H,12,13). The number of hydrogen-bond acceptors (Lipinski definition) is 1. The Morgan fingerprint density at radius 3 is 2.43 bits per heavy atom. The minimum Gasteiger partial charge on any atom is -0.302 e. The van der Waals surface area contributed by atoms with Crippen LogP contribution in [-0.2, 0) is 11.1 Å². The van der Waals surface area contributed by atoms with E-state index in [-0.39, 0.29) is 10.5 Å². The predicted molar refractivity (Wildman–Crippen MR) is 49.9 cm³/mol. The molecule has 2 nitrogen and oxygen atoms in total. The smallest absolute Gasteiger partial charge is 0.245 e. The monoisotopic (exact) mass is 220 g/mol. The second kappa shape index (κ2) is 4.61. The highest BCUT2D eigenvalue weighted by Gasteiger charge is 2.21. The van der Waals surface area contributed by atoms with Crippen molar-refractivity contribution in [2.45, 2.75) is 24.2 Å². The van der Waals surface area contributed by atoms with Gasteiger partial charge in [-0.1, -0.05) is 25.1 Å². The third-order valence-electron chi connectivity index (χ3n) is 1.98. The fourth-order valence-corrected chi connectivity index (χ4v) is 1.80. The highest BCUT2D eigenvalue weighted by molar-refractivity contribution is 7.79. The normalized spacial score (nSPS) is 15.5. The van der Waals surface area contributed by atoms with Crippen molar-refractivity contribution in [3.63, 3.8) is 0 Å². The van der Waals surface area contributed by atoms with Gasteiger partial charge in [-0.15, -0.1) is 0 Å². The first-order chi connectivity index (χ1) is 6.54. The lowest BCUT2D eigenvalue weighted by Crippen LogP contribution is -2.08. The molecule has 14 heavy (non-hydrogen) atoms. The second-order valence-corrected chi connectivity index (χ2v) is 3.85. The first-order valence-corrected chi connectivity index (χ1v) is 5.12. The average molecular weight is 220 g/mol. The maximum Gasteiger partial charge on any atom is 0.245 e. The molecule has 0 aliphatic heterocycles. The van der Waals surface area contributed by atoms with E-state index in [2.05, 4.69) is 0 Å². The third kappa shape index (κ3) is 2.36. The van der Waals surface area contributed by atoms with E-state index in [0.29, 0.717) is 0 Å². The molecule has 1 aromatic carbocycles. The molecule has 0 heterocycles. The second-order valence-electron chi connectivity index (χ2n) is 2.91. The van der Waals surface area contributed by atoms with Crippen molar-refractivity contribution < 1.29 is 17.5 Å². The molecule has 78 valence electrons. The third-order valence-corrected chi connectivity index (χ3v) is 2.72. The number of halogens is 2. The molecule has 0 bridgehead atoms. The summed E-state index contributed by atoms with van der Waals surface area (Å²) in [6.45, 7) is 1.33. The number of alkyl halides is 2. The number of rotatable bonds is 3. The van der Waals surface area contributed by atoms with Gasteiger partial charge in [0.15, 0.2) is 11.1 Å². The van der Waals surface area contributed by atoms with Gasteiger partial charge >= 0.3 is 0 Å². The molecule has 0 saturated heterocycles. The lowest BCUT2D eigenvalue weighted by Gasteiger charge is -2.13. The van der Waals surface area contributed by atoms with Gasteiger partial charge in [0.1, 0.15) is 0 Å².